The first-order valence-corrected chi connectivity index (χ1v) is 4.22. The fourth-order valence-corrected chi connectivity index (χ4v) is 0.968. The number of carbonyl (C=O) groups is 2. The molecule has 5 heteroatoms. The summed E-state index contributed by atoms with van der Waals surface area (Å²) in [5, 5.41) is 11.2. The number of rotatable bonds is 4. The van der Waals surface area contributed by atoms with E-state index in [1.807, 2.05) is 0 Å². The Bertz CT molecular complexity index is 401. The van der Waals surface area contributed by atoms with Crippen molar-refractivity contribution < 1.29 is 14.7 Å². The molecule has 0 aliphatic rings. The first kappa shape index (κ1) is 10.9. The van der Waals surface area contributed by atoms with Crippen molar-refractivity contribution in [3.8, 4) is 0 Å². The van der Waals surface area contributed by atoms with Crippen LogP contribution in [0.15, 0.2) is 31.1 Å². The van der Waals surface area contributed by atoms with Gasteiger partial charge in [0, 0.05) is 12.6 Å². The summed E-state index contributed by atoms with van der Waals surface area (Å²) >= 11 is 0. The molecule has 0 aliphatic heterocycles. The Hall–Kier alpha value is -2.17. The van der Waals surface area contributed by atoms with Crippen LogP contribution in [0, 0.1) is 0 Å². The third-order valence-corrected chi connectivity index (χ3v) is 1.60. The van der Waals surface area contributed by atoms with Crippen molar-refractivity contribution in [2.24, 2.45) is 0 Å². The van der Waals surface area contributed by atoms with E-state index >= 15 is 0 Å². The van der Waals surface area contributed by atoms with Gasteiger partial charge in [-0.3, -0.25) is 9.78 Å². The molecule has 1 amide bonds. The highest BCUT2D eigenvalue weighted by atomic mass is 16.4. The lowest BCUT2D eigenvalue weighted by Crippen LogP contribution is -2.10. The second-order valence-corrected chi connectivity index (χ2v) is 2.81. The van der Waals surface area contributed by atoms with Crippen molar-refractivity contribution in [2.75, 3.05) is 5.32 Å². The molecule has 1 aromatic rings. The maximum absolute atomic E-state index is 11.1. The fourth-order valence-electron chi connectivity index (χ4n) is 0.968. The minimum absolute atomic E-state index is 0.0337. The van der Waals surface area contributed by atoms with Crippen LogP contribution in [0.4, 0.5) is 5.69 Å². The lowest BCUT2D eigenvalue weighted by Gasteiger charge is -2.03. The number of nitrogens with zero attached hydrogens (tertiary/aromatic N) is 1. The van der Waals surface area contributed by atoms with Crippen molar-refractivity contribution in [1.29, 1.82) is 0 Å². The number of carboxylic acids is 1. The Morgan fingerprint density at radius 1 is 1.53 bits per heavy atom. The Labute approximate surface area is 86.5 Å². The summed E-state index contributed by atoms with van der Waals surface area (Å²) in [6.07, 6.45) is 4.24. The monoisotopic (exact) mass is 206 g/mol. The molecule has 0 spiro atoms. The summed E-state index contributed by atoms with van der Waals surface area (Å²) < 4.78 is 0. The lowest BCUT2D eigenvalue weighted by atomic mass is 10.2. The molecule has 0 fully saturated rings. The van der Waals surface area contributed by atoms with E-state index in [-0.39, 0.29) is 17.9 Å². The van der Waals surface area contributed by atoms with Gasteiger partial charge in [0.15, 0.2) is 0 Å². The average molecular weight is 206 g/mol. The molecule has 1 aromatic heterocycles. The molecule has 0 radical (unpaired) electrons. The van der Waals surface area contributed by atoms with E-state index in [0.29, 0.717) is 5.69 Å². The van der Waals surface area contributed by atoms with Gasteiger partial charge in [-0.25, -0.2) is 4.79 Å². The zero-order valence-electron chi connectivity index (χ0n) is 7.93. The predicted octanol–water partition coefficient (Wildman–Crippen LogP) is 1.29. The largest absolute Gasteiger partial charge is 0.478 e. The summed E-state index contributed by atoms with van der Waals surface area (Å²) in [6.45, 7) is 3.42. The van der Waals surface area contributed by atoms with E-state index in [2.05, 4.69) is 16.9 Å². The zero-order valence-corrected chi connectivity index (χ0v) is 7.93. The molecule has 0 saturated heterocycles. The van der Waals surface area contributed by atoms with Gasteiger partial charge in [0.1, 0.15) is 0 Å². The smallest absolute Gasteiger partial charge is 0.337 e. The van der Waals surface area contributed by atoms with Crippen molar-refractivity contribution in [3.05, 3.63) is 36.7 Å². The third-order valence-electron chi connectivity index (χ3n) is 1.60. The molecular weight excluding hydrogens is 196 g/mol. The van der Waals surface area contributed by atoms with Gasteiger partial charge in [0.25, 0.3) is 0 Å². The molecule has 78 valence electrons. The minimum Gasteiger partial charge on any atom is -0.478 e. The van der Waals surface area contributed by atoms with Crippen LogP contribution >= 0.6 is 0 Å². The Balaban J connectivity index is 2.77. The average Bonchev–Trinajstić information content (AvgIpc) is 2.18. The molecule has 0 unspecified atom stereocenters. The van der Waals surface area contributed by atoms with Crippen molar-refractivity contribution in [2.45, 2.75) is 6.42 Å². The van der Waals surface area contributed by atoms with E-state index in [9.17, 15) is 9.59 Å². The molecule has 0 atom stereocenters. The molecule has 5 nitrogen and oxygen atoms in total. The Morgan fingerprint density at radius 2 is 2.27 bits per heavy atom. The number of carbonyl (C=O) groups excluding carboxylic acids is 1. The number of aromatic carboxylic acids is 1. The van der Waals surface area contributed by atoms with Gasteiger partial charge in [-0.05, 0) is 6.07 Å². The number of amides is 1. The van der Waals surface area contributed by atoms with E-state index < -0.39 is 5.97 Å². The molecule has 1 heterocycles. The number of aromatic nitrogens is 1. The fraction of sp³-hybridized carbons (Fsp3) is 0.100. The quantitative estimate of drug-likeness (QED) is 0.727. The Morgan fingerprint density at radius 3 is 2.87 bits per heavy atom. The molecule has 0 saturated carbocycles. The maximum atomic E-state index is 11.1. The molecule has 15 heavy (non-hydrogen) atoms. The van der Waals surface area contributed by atoms with E-state index in [4.69, 9.17) is 5.11 Å². The van der Waals surface area contributed by atoms with E-state index in [0.717, 1.165) is 0 Å². The van der Waals surface area contributed by atoms with Crippen LogP contribution in [0.3, 0.4) is 0 Å². The van der Waals surface area contributed by atoms with Crippen LogP contribution in [0.5, 0.6) is 0 Å². The van der Waals surface area contributed by atoms with Crippen molar-refractivity contribution in [3.63, 3.8) is 0 Å². The molecular formula is C10H10N2O3. The first-order valence-electron chi connectivity index (χ1n) is 4.22. The van der Waals surface area contributed by atoms with Gasteiger partial charge in [-0.15, -0.1) is 6.58 Å². The van der Waals surface area contributed by atoms with Crippen molar-refractivity contribution in [1.82, 2.24) is 4.98 Å². The van der Waals surface area contributed by atoms with Gasteiger partial charge in [0.2, 0.25) is 5.91 Å². The summed E-state index contributed by atoms with van der Waals surface area (Å²) in [5.41, 5.74) is 0.396. The number of carboxylic acid groups (broad SMARTS) is 1. The summed E-state index contributed by atoms with van der Waals surface area (Å²) in [5.74, 6) is -1.34. The standard InChI is InChI=1S/C10H10N2O3/c1-2-3-9(13)12-8-4-7(10(14)15)5-11-6-8/h2,4-6H,1,3H2,(H,12,13)(H,14,15). The Kier molecular flexibility index (Phi) is 3.56. The molecule has 0 aliphatic carbocycles. The van der Waals surface area contributed by atoms with Crippen LogP contribution in [0.2, 0.25) is 0 Å². The van der Waals surface area contributed by atoms with Gasteiger partial charge in [-0.1, -0.05) is 6.08 Å². The van der Waals surface area contributed by atoms with Gasteiger partial charge >= 0.3 is 5.97 Å². The maximum Gasteiger partial charge on any atom is 0.337 e. The van der Waals surface area contributed by atoms with Gasteiger partial charge < -0.3 is 10.4 Å². The predicted molar refractivity (Wildman–Crippen MR) is 54.6 cm³/mol. The van der Waals surface area contributed by atoms with Crippen LogP contribution in [-0.4, -0.2) is 22.0 Å². The highest BCUT2D eigenvalue weighted by Gasteiger charge is 2.05. The highest BCUT2D eigenvalue weighted by Crippen LogP contribution is 2.08. The number of nitrogens with one attached hydrogen (secondary N) is 1. The molecule has 0 bridgehead atoms. The lowest BCUT2D eigenvalue weighted by molar-refractivity contribution is -0.115. The zero-order chi connectivity index (χ0) is 11.3. The van der Waals surface area contributed by atoms with Crippen LogP contribution < -0.4 is 5.32 Å². The van der Waals surface area contributed by atoms with E-state index in [1.54, 1.807) is 0 Å². The normalized spacial score (nSPS) is 9.33. The highest BCUT2D eigenvalue weighted by molar-refractivity contribution is 5.93. The second-order valence-electron chi connectivity index (χ2n) is 2.81. The number of anilines is 1. The van der Waals surface area contributed by atoms with Crippen LogP contribution in [0.25, 0.3) is 0 Å². The topological polar surface area (TPSA) is 79.3 Å². The third kappa shape index (κ3) is 3.22. The van der Waals surface area contributed by atoms with Gasteiger partial charge in [-0.2, -0.15) is 0 Å². The van der Waals surface area contributed by atoms with Crippen molar-refractivity contribution >= 4 is 17.6 Å². The number of hydrogen-bond acceptors (Lipinski definition) is 3. The van der Waals surface area contributed by atoms with E-state index in [1.165, 1.54) is 24.5 Å². The van der Waals surface area contributed by atoms with Gasteiger partial charge in [0.05, 0.1) is 17.4 Å². The second kappa shape index (κ2) is 4.90. The first-order chi connectivity index (χ1) is 7.13. The number of hydrogen-bond donors (Lipinski definition) is 2. The minimum atomic E-state index is -1.08. The summed E-state index contributed by atoms with van der Waals surface area (Å²) in [6, 6.07) is 1.34. The number of pyridine rings is 1. The molecule has 1 rings (SSSR count). The SMILES string of the molecule is C=CCC(=O)Nc1cncc(C(=O)O)c1. The summed E-state index contributed by atoms with van der Waals surface area (Å²) in [4.78, 5) is 25.4. The van der Waals surface area contributed by atoms with Crippen LogP contribution in [0.1, 0.15) is 16.8 Å². The summed E-state index contributed by atoms with van der Waals surface area (Å²) in [7, 11) is 0. The molecule has 0 aromatic carbocycles. The molecule has 2 N–H and O–H groups in total. The van der Waals surface area contributed by atoms with Crippen LogP contribution in [-0.2, 0) is 4.79 Å².